The lowest BCUT2D eigenvalue weighted by Crippen LogP contribution is -2.29. The summed E-state index contributed by atoms with van der Waals surface area (Å²) >= 11 is 6.32. The number of allylic oxidation sites excluding steroid dienone is 1. The molecule has 0 spiro atoms. The zero-order valence-corrected chi connectivity index (χ0v) is 11.1. The number of hydrogen-bond donors (Lipinski definition) is 0. The van der Waals surface area contributed by atoms with E-state index in [1.807, 2.05) is 18.2 Å². The van der Waals surface area contributed by atoms with E-state index >= 15 is 0 Å². The van der Waals surface area contributed by atoms with E-state index in [0.29, 0.717) is 5.88 Å². The average Bonchev–Trinajstić information content (AvgIpc) is 2.47. The number of alkyl halides is 1. The summed E-state index contributed by atoms with van der Waals surface area (Å²) in [6, 6.07) is 20.8. The molecule has 0 fully saturated rings. The van der Waals surface area contributed by atoms with Crippen molar-refractivity contribution in [3.63, 3.8) is 0 Å². The Kier molecular flexibility index (Phi) is 4.22. The molecule has 2 aromatic rings. The Labute approximate surface area is 114 Å². The van der Waals surface area contributed by atoms with Crippen LogP contribution in [-0.4, -0.2) is 5.88 Å². The third-order valence-corrected chi connectivity index (χ3v) is 3.83. The monoisotopic (exact) mass is 256 g/mol. The Hall–Kier alpha value is -1.53. The molecule has 0 radical (unpaired) electrons. The van der Waals surface area contributed by atoms with Crippen LogP contribution in [-0.2, 0) is 5.41 Å². The SMILES string of the molecule is C=CCC(CCl)(c1ccccc1)c1ccccc1. The first-order valence-corrected chi connectivity index (χ1v) is 6.65. The van der Waals surface area contributed by atoms with Crippen molar-refractivity contribution < 1.29 is 0 Å². The van der Waals surface area contributed by atoms with Gasteiger partial charge in [-0.15, -0.1) is 18.2 Å². The fourth-order valence-electron chi connectivity index (χ4n) is 2.37. The van der Waals surface area contributed by atoms with Crippen LogP contribution in [0.1, 0.15) is 17.5 Å². The minimum absolute atomic E-state index is 0.175. The summed E-state index contributed by atoms with van der Waals surface area (Å²) in [5.41, 5.74) is 2.31. The van der Waals surface area contributed by atoms with E-state index in [9.17, 15) is 0 Å². The van der Waals surface area contributed by atoms with Gasteiger partial charge in [-0.25, -0.2) is 0 Å². The molecule has 0 amide bonds. The molecule has 0 unspecified atom stereocenters. The summed E-state index contributed by atoms with van der Waals surface area (Å²) in [5, 5.41) is 0. The van der Waals surface area contributed by atoms with Crippen molar-refractivity contribution >= 4 is 11.6 Å². The second-order valence-electron chi connectivity index (χ2n) is 4.44. The van der Waals surface area contributed by atoms with Crippen molar-refractivity contribution in [2.75, 3.05) is 5.88 Å². The van der Waals surface area contributed by atoms with Gasteiger partial charge in [0.2, 0.25) is 0 Å². The summed E-state index contributed by atoms with van der Waals surface area (Å²) in [7, 11) is 0. The van der Waals surface area contributed by atoms with Gasteiger partial charge in [-0.05, 0) is 17.5 Å². The summed E-state index contributed by atoms with van der Waals surface area (Å²) in [5.74, 6) is 0.549. The van der Waals surface area contributed by atoms with Crippen LogP contribution in [0.5, 0.6) is 0 Å². The van der Waals surface area contributed by atoms with E-state index in [0.717, 1.165) is 6.42 Å². The van der Waals surface area contributed by atoms with Gasteiger partial charge in [0.25, 0.3) is 0 Å². The lowest BCUT2D eigenvalue weighted by Gasteiger charge is -2.32. The Balaban J connectivity index is 2.57. The van der Waals surface area contributed by atoms with Gasteiger partial charge >= 0.3 is 0 Å². The summed E-state index contributed by atoms with van der Waals surface area (Å²) in [6.07, 6.45) is 2.78. The van der Waals surface area contributed by atoms with Crippen LogP contribution >= 0.6 is 11.6 Å². The molecule has 0 atom stereocenters. The fourth-order valence-corrected chi connectivity index (χ4v) is 2.79. The first kappa shape index (κ1) is 12.9. The highest BCUT2D eigenvalue weighted by Gasteiger charge is 2.31. The molecule has 0 N–H and O–H groups in total. The van der Waals surface area contributed by atoms with Crippen molar-refractivity contribution in [2.24, 2.45) is 0 Å². The molecule has 2 aromatic carbocycles. The molecule has 0 saturated heterocycles. The maximum absolute atomic E-state index is 6.32. The van der Waals surface area contributed by atoms with Gasteiger partial charge in [0.1, 0.15) is 0 Å². The smallest absolute Gasteiger partial charge is 0.0372 e. The topological polar surface area (TPSA) is 0 Å². The van der Waals surface area contributed by atoms with Crippen LogP contribution in [0.3, 0.4) is 0 Å². The Morgan fingerprint density at radius 2 is 1.33 bits per heavy atom. The van der Waals surface area contributed by atoms with Crippen LogP contribution in [0.2, 0.25) is 0 Å². The minimum atomic E-state index is -0.175. The normalized spacial score (nSPS) is 11.2. The molecule has 0 nitrogen and oxygen atoms in total. The minimum Gasteiger partial charge on any atom is -0.125 e. The summed E-state index contributed by atoms with van der Waals surface area (Å²) < 4.78 is 0. The summed E-state index contributed by atoms with van der Waals surface area (Å²) in [4.78, 5) is 0. The Morgan fingerprint density at radius 1 is 0.889 bits per heavy atom. The van der Waals surface area contributed by atoms with Crippen molar-refractivity contribution in [2.45, 2.75) is 11.8 Å². The average molecular weight is 257 g/mol. The third kappa shape index (κ3) is 2.34. The molecule has 2 rings (SSSR count). The van der Waals surface area contributed by atoms with E-state index in [2.05, 4.69) is 55.1 Å². The van der Waals surface area contributed by atoms with Crippen molar-refractivity contribution in [1.82, 2.24) is 0 Å². The number of benzene rings is 2. The van der Waals surface area contributed by atoms with Crippen LogP contribution in [0, 0.1) is 0 Å². The Bertz CT molecular complexity index is 448. The first-order valence-electron chi connectivity index (χ1n) is 6.11. The zero-order valence-electron chi connectivity index (χ0n) is 10.4. The largest absolute Gasteiger partial charge is 0.125 e. The maximum atomic E-state index is 6.32. The van der Waals surface area contributed by atoms with Gasteiger partial charge in [-0.3, -0.25) is 0 Å². The zero-order chi connectivity index (χ0) is 12.8. The number of rotatable bonds is 5. The maximum Gasteiger partial charge on any atom is 0.0372 e. The molecular formula is C17H17Cl. The van der Waals surface area contributed by atoms with Gasteiger partial charge in [0.05, 0.1) is 0 Å². The second-order valence-corrected chi connectivity index (χ2v) is 4.71. The summed E-state index contributed by atoms with van der Waals surface area (Å²) in [6.45, 7) is 3.89. The molecule has 1 heteroatoms. The van der Waals surface area contributed by atoms with Crippen molar-refractivity contribution in [3.05, 3.63) is 84.4 Å². The predicted octanol–water partition coefficient (Wildman–Crippen LogP) is 4.79. The molecule has 92 valence electrons. The van der Waals surface area contributed by atoms with E-state index < -0.39 is 0 Å². The van der Waals surface area contributed by atoms with Gasteiger partial charge in [0.15, 0.2) is 0 Å². The number of hydrogen-bond acceptors (Lipinski definition) is 0. The van der Waals surface area contributed by atoms with Crippen LogP contribution in [0.4, 0.5) is 0 Å². The molecule has 0 aliphatic rings. The molecule has 0 aliphatic heterocycles. The highest BCUT2D eigenvalue weighted by Crippen LogP contribution is 2.37. The van der Waals surface area contributed by atoms with E-state index in [1.54, 1.807) is 0 Å². The van der Waals surface area contributed by atoms with Crippen LogP contribution < -0.4 is 0 Å². The number of halogens is 1. The highest BCUT2D eigenvalue weighted by molar-refractivity contribution is 6.19. The molecule has 0 heterocycles. The Morgan fingerprint density at radius 3 is 1.67 bits per heavy atom. The van der Waals surface area contributed by atoms with Crippen molar-refractivity contribution in [3.8, 4) is 0 Å². The van der Waals surface area contributed by atoms with E-state index in [1.165, 1.54) is 11.1 Å². The second kappa shape index (κ2) is 5.88. The molecule has 0 aromatic heterocycles. The third-order valence-electron chi connectivity index (χ3n) is 3.37. The van der Waals surface area contributed by atoms with Gasteiger partial charge < -0.3 is 0 Å². The molecule has 18 heavy (non-hydrogen) atoms. The highest BCUT2D eigenvalue weighted by atomic mass is 35.5. The molecular weight excluding hydrogens is 240 g/mol. The van der Waals surface area contributed by atoms with Gasteiger partial charge in [-0.1, -0.05) is 66.7 Å². The molecule has 0 saturated carbocycles. The van der Waals surface area contributed by atoms with E-state index in [4.69, 9.17) is 11.6 Å². The molecule has 0 bridgehead atoms. The van der Waals surface area contributed by atoms with Crippen LogP contribution in [0.15, 0.2) is 73.3 Å². The standard InChI is InChI=1S/C17H17Cl/c1-2-13-17(14-18,15-9-5-3-6-10-15)16-11-7-4-8-12-16/h2-12H,1,13-14H2. The lowest BCUT2D eigenvalue weighted by atomic mass is 9.73. The first-order chi connectivity index (χ1) is 8.83. The van der Waals surface area contributed by atoms with E-state index in [-0.39, 0.29) is 5.41 Å². The fraction of sp³-hybridized carbons (Fsp3) is 0.176. The van der Waals surface area contributed by atoms with Crippen molar-refractivity contribution in [1.29, 1.82) is 0 Å². The van der Waals surface area contributed by atoms with Gasteiger partial charge in [-0.2, -0.15) is 0 Å². The van der Waals surface area contributed by atoms with Gasteiger partial charge in [0, 0.05) is 11.3 Å². The van der Waals surface area contributed by atoms with Crippen LogP contribution in [0.25, 0.3) is 0 Å². The lowest BCUT2D eigenvalue weighted by molar-refractivity contribution is 0.588. The predicted molar refractivity (Wildman–Crippen MR) is 79.2 cm³/mol. The quantitative estimate of drug-likeness (QED) is 0.533. The molecule has 0 aliphatic carbocycles.